The van der Waals surface area contributed by atoms with Gasteiger partial charge in [0.15, 0.2) is 0 Å². The molecule has 1 atom stereocenters. The predicted octanol–water partition coefficient (Wildman–Crippen LogP) is 1.20. The van der Waals surface area contributed by atoms with Gasteiger partial charge in [0.05, 0.1) is 0 Å². The predicted molar refractivity (Wildman–Crippen MR) is 57.8 cm³/mol. The maximum Gasteiger partial charge on any atom is 0.221 e. The zero-order chi connectivity index (χ0) is 10.4. The van der Waals surface area contributed by atoms with Crippen molar-refractivity contribution in [3.63, 3.8) is 0 Å². The minimum Gasteiger partial charge on any atom is -0.369 e. The third-order valence-electron chi connectivity index (χ3n) is 2.69. The number of amides is 1. The Labute approximate surface area is 85.7 Å². The Bertz CT molecular complexity index is 223. The molecule has 14 heavy (non-hydrogen) atoms. The minimum absolute atomic E-state index is 0.0624. The van der Waals surface area contributed by atoms with Crippen LogP contribution in [0.25, 0.3) is 0 Å². The smallest absolute Gasteiger partial charge is 0.221 e. The molecule has 0 spiro atoms. The fourth-order valence-corrected chi connectivity index (χ4v) is 1.63. The van der Waals surface area contributed by atoms with Gasteiger partial charge in [-0.1, -0.05) is 18.6 Å². The van der Waals surface area contributed by atoms with E-state index in [-0.39, 0.29) is 11.8 Å². The Balaban J connectivity index is 2.01. The van der Waals surface area contributed by atoms with E-state index in [9.17, 15) is 4.79 Å². The molecule has 0 fully saturated rings. The minimum atomic E-state index is -0.224. The molecule has 1 aliphatic rings. The van der Waals surface area contributed by atoms with Crippen molar-refractivity contribution >= 4 is 5.91 Å². The van der Waals surface area contributed by atoms with Gasteiger partial charge in [-0.2, -0.15) is 0 Å². The van der Waals surface area contributed by atoms with Crippen molar-refractivity contribution in [2.75, 3.05) is 13.1 Å². The van der Waals surface area contributed by atoms with Crippen LogP contribution in [0.3, 0.4) is 0 Å². The number of carbonyl (C=O) groups excluding carboxylic acids is 1. The first-order valence-electron chi connectivity index (χ1n) is 5.38. The molecular formula is C11H20N2O. The molecule has 0 saturated heterocycles. The van der Waals surface area contributed by atoms with Gasteiger partial charge in [0.1, 0.15) is 0 Å². The quantitative estimate of drug-likeness (QED) is 0.495. The van der Waals surface area contributed by atoms with E-state index in [0.717, 1.165) is 13.0 Å². The Morgan fingerprint density at radius 1 is 1.71 bits per heavy atom. The molecule has 3 nitrogen and oxygen atoms in total. The normalized spacial score (nSPS) is 17.9. The van der Waals surface area contributed by atoms with Crippen molar-refractivity contribution in [2.24, 2.45) is 11.7 Å². The van der Waals surface area contributed by atoms with E-state index >= 15 is 0 Å². The molecule has 0 bridgehead atoms. The van der Waals surface area contributed by atoms with Crippen LogP contribution >= 0.6 is 0 Å². The summed E-state index contributed by atoms with van der Waals surface area (Å²) in [5.74, 6) is -0.287. The van der Waals surface area contributed by atoms with E-state index in [0.29, 0.717) is 6.54 Å². The summed E-state index contributed by atoms with van der Waals surface area (Å²) in [5, 5.41) is 3.25. The lowest BCUT2D eigenvalue weighted by molar-refractivity contribution is -0.121. The van der Waals surface area contributed by atoms with Crippen LogP contribution in [0.1, 0.15) is 32.6 Å². The van der Waals surface area contributed by atoms with Crippen molar-refractivity contribution in [2.45, 2.75) is 32.6 Å². The number of hydrogen-bond donors (Lipinski definition) is 2. The van der Waals surface area contributed by atoms with Crippen LogP contribution in [0.15, 0.2) is 11.6 Å². The van der Waals surface area contributed by atoms with Crippen molar-refractivity contribution in [1.82, 2.24) is 5.32 Å². The second-order valence-electron chi connectivity index (χ2n) is 4.01. The molecule has 80 valence electrons. The average molecular weight is 196 g/mol. The first kappa shape index (κ1) is 11.2. The summed E-state index contributed by atoms with van der Waals surface area (Å²) in [4.78, 5) is 10.7. The lowest BCUT2D eigenvalue weighted by atomic mass is 10.1. The number of carbonyl (C=O) groups is 1. The zero-order valence-corrected chi connectivity index (χ0v) is 8.88. The highest BCUT2D eigenvalue weighted by Crippen LogP contribution is 2.19. The number of nitrogens with two attached hydrogens (primary N) is 1. The monoisotopic (exact) mass is 196 g/mol. The molecule has 1 unspecified atom stereocenters. The fraction of sp³-hybridized carbons (Fsp3) is 0.727. The molecule has 1 aliphatic carbocycles. The second-order valence-corrected chi connectivity index (χ2v) is 4.01. The maximum absolute atomic E-state index is 10.7. The van der Waals surface area contributed by atoms with E-state index in [4.69, 9.17) is 5.73 Å². The number of rotatable bonds is 6. The molecule has 0 radical (unpaired) electrons. The first-order valence-corrected chi connectivity index (χ1v) is 5.38. The van der Waals surface area contributed by atoms with Crippen molar-refractivity contribution in [1.29, 1.82) is 0 Å². The topological polar surface area (TPSA) is 55.1 Å². The highest BCUT2D eigenvalue weighted by atomic mass is 16.1. The van der Waals surface area contributed by atoms with E-state index in [2.05, 4.69) is 11.4 Å². The Hall–Kier alpha value is -0.830. The Kier molecular flexibility index (Phi) is 4.66. The molecule has 0 aromatic heterocycles. The van der Waals surface area contributed by atoms with E-state index < -0.39 is 0 Å². The highest BCUT2D eigenvalue weighted by Gasteiger charge is 2.08. The molecule has 0 heterocycles. The van der Waals surface area contributed by atoms with Gasteiger partial charge in [0.25, 0.3) is 0 Å². The van der Waals surface area contributed by atoms with E-state index in [1.54, 1.807) is 5.57 Å². The molecule has 0 saturated carbocycles. The van der Waals surface area contributed by atoms with Crippen LogP contribution in [-0.2, 0) is 4.79 Å². The molecular weight excluding hydrogens is 176 g/mol. The summed E-state index contributed by atoms with van der Waals surface area (Å²) in [5.41, 5.74) is 6.71. The first-order chi connectivity index (χ1) is 6.70. The standard InChI is InChI=1S/C11H20N2O/c1-9(11(12)14)8-13-7-6-10-4-2-3-5-10/h4,9,13H,2-3,5-8H2,1H3,(H2,12,14). The third-order valence-corrected chi connectivity index (χ3v) is 2.69. The van der Waals surface area contributed by atoms with Crippen LogP contribution in [0.5, 0.6) is 0 Å². The van der Waals surface area contributed by atoms with Crippen LogP contribution in [0.4, 0.5) is 0 Å². The van der Waals surface area contributed by atoms with Gasteiger partial charge in [-0.25, -0.2) is 0 Å². The molecule has 0 aromatic carbocycles. The Morgan fingerprint density at radius 3 is 3.07 bits per heavy atom. The van der Waals surface area contributed by atoms with Gasteiger partial charge in [-0.3, -0.25) is 4.79 Å². The summed E-state index contributed by atoms with van der Waals surface area (Å²) in [6, 6.07) is 0. The van der Waals surface area contributed by atoms with Crippen LogP contribution in [0, 0.1) is 5.92 Å². The maximum atomic E-state index is 10.7. The molecule has 0 aromatic rings. The molecule has 1 rings (SSSR count). The highest BCUT2D eigenvalue weighted by molar-refractivity contribution is 5.76. The van der Waals surface area contributed by atoms with Gasteiger partial charge < -0.3 is 11.1 Å². The number of primary amides is 1. The molecule has 3 N–H and O–H groups in total. The SMILES string of the molecule is CC(CNCCC1=CCCC1)C(N)=O. The van der Waals surface area contributed by atoms with Gasteiger partial charge in [-0.05, 0) is 32.2 Å². The van der Waals surface area contributed by atoms with Gasteiger partial charge in [0.2, 0.25) is 5.91 Å². The third kappa shape index (κ3) is 3.92. The lowest BCUT2D eigenvalue weighted by Gasteiger charge is -2.09. The number of nitrogens with one attached hydrogen (secondary N) is 1. The van der Waals surface area contributed by atoms with E-state index in [1.807, 2.05) is 6.92 Å². The summed E-state index contributed by atoms with van der Waals surface area (Å²) in [7, 11) is 0. The summed E-state index contributed by atoms with van der Waals surface area (Å²) in [6.45, 7) is 3.51. The Morgan fingerprint density at radius 2 is 2.50 bits per heavy atom. The van der Waals surface area contributed by atoms with Crippen molar-refractivity contribution in [3.05, 3.63) is 11.6 Å². The van der Waals surface area contributed by atoms with E-state index in [1.165, 1.54) is 19.3 Å². The summed E-state index contributed by atoms with van der Waals surface area (Å²) in [6.07, 6.45) is 7.26. The summed E-state index contributed by atoms with van der Waals surface area (Å²) >= 11 is 0. The summed E-state index contributed by atoms with van der Waals surface area (Å²) < 4.78 is 0. The van der Waals surface area contributed by atoms with Gasteiger partial charge in [-0.15, -0.1) is 0 Å². The van der Waals surface area contributed by atoms with Gasteiger partial charge in [0, 0.05) is 12.5 Å². The largest absolute Gasteiger partial charge is 0.369 e. The van der Waals surface area contributed by atoms with Crippen LogP contribution < -0.4 is 11.1 Å². The van der Waals surface area contributed by atoms with Crippen molar-refractivity contribution in [3.8, 4) is 0 Å². The molecule has 1 amide bonds. The number of allylic oxidation sites excluding steroid dienone is 1. The molecule has 0 aliphatic heterocycles. The fourth-order valence-electron chi connectivity index (χ4n) is 1.63. The molecule has 3 heteroatoms. The van der Waals surface area contributed by atoms with Crippen LogP contribution in [0.2, 0.25) is 0 Å². The average Bonchev–Trinajstić information content (AvgIpc) is 2.64. The van der Waals surface area contributed by atoms with Gasteiger partial charge >= 0.3 is 0 Å². The van der Waals surface area contributed by atoms with Crippen molar-refractivity contribution < 1.29 is 4.79 Å². The van der Waals surface area contributed by atoms with Crippen LogP contribution in [-0.4, -0.2) is 19.0 Å². The number of hydrogen-bond acceptors (Lipinski definition) is 2. The lowest BCUT2D eigenvalue weighted by Crippen LogP contribution is -2.31. The second kappa shape index (κ2) is 5.81. The zero-order valence-electron chi connectivity index (χ0n) is 8.88.